The van der Waals surface area contributed by atoms with Crippen molar-refractivity contribution in [1.82, 2.24) is 5.32 Å². The van der Waals surface area contributed by atoms with Crippen molar-refractivity contribution < 1.29 is 19.4 Å². The Kier molecular flexibility index (Phi) is 5.12. The van der Waals surface area contributed by atoms with Crippen LogP contribution in [0.25, 0.3) is 17.2 Å². The van der Waals surface area contributed by atoms with Gasteiger partial charge in [0.1, 0.15) is 12.3 Å². The Morgan fingerprint density at radius 1 is 0.862 bits per heavy atom. The van der Waals surface area contributed by atoms with Gasteiger partial charge in [0.15, 0.2) is 0 Å². The van der Waals surface area contributed by atoms with Crippen molar-refractivity contribution in [1.29, 1.82) is 0 Å². The van der Waals surface area contributed by atoms with E-state index in [4.69, 9.17) is 4.74 Å². The quantitative estimate of drug-likeness (QED) is 0.627. The summed E-state index contributed by atoms with van der Waals surface area (Å²) in [7, 11) is 0. The summed E-state index contributed by atoms with van der Waals surface area (Å²) in [5.74, 6) is -1.32. The van der Waals surface area contributed by atoms with Gasteiger partial charge in [0.05, 0.1) is 0 Å². The molecule has 4 rings (SSSR count). The molecule has 0 aromatic heterocycles. The lowest BCUT2D eigenvalue weighted by atomic mass is 9.98. The Labute approximate surface area is 168 Å². The van der Waals surface area contributed by atoms with Crippen molar-refractivity contribution in [2.75, 3.05) is 6.61 Å². The molecular formula is C24H19NO4. The molecule has 2 N–H and O–H groups in total. The summed E-state index contributed by atoms with van der Waals surface area (Å²) in [5, 5.41) is 11.7. The van der Waals surface area contributed by atoms with Crippen molar-refractivity contribution >= 4 is 18.1 Å². The number of carbonyl (C=O) groups excluding carboxylic acids is 1. The molecule has 0 bridgehead atoms. The fourth-order valence-electron chi connectivity index (χ4n) is 3.61. The zero-order valence-electron chi connectivity index (χ0n) is 15.5. The van der Waals surface area contributed by atoms with Crippen LogP contribution < -0.4 is 5.32 Å². The third-order valence-corrected chi connectivity index (χ3v) is 4.92. The summed E-state index contributed by atoms with van der Waals surface area (Å²) in [4.78, 5) is 23.8. The lowest BCUT2D eigenvalue weighted by molar-refractivity contribution is -0.132. The Morgan fingerprint density at radius 2 is 1.41 bits per heavy atom. The monoisotopic (exact) mass is 385 g/mol. The molecule has 0 saturated carbocycles. The van der Waals surface area contributed by atoms with E-state index in [2.05, 4.69) is 17.4 Å². The minimum Gasteiger partial charge on any atom is -0.477 e. The molecule has 1 amide bonds. The van der Waals surface area contributed by atoms with Crippen LogP contribution >= 0.6 is 0 Å². The second-order valence-electron chi connectivity index (χ2n) is 6.72. The largest absolute Gasteiger partial charge is 0.477 e. The topological polar surface area (TPSA) is 75.6 Å². The van der Waals surface area contributed by atoms with Crippen LogP contribution in [0.4, 0.5) is 4.79 Å². The maximum absolute atomic E-state index is 12.3. The molecule has 0 fully saturated rings. The highest BCUT2D eigenvalue weighted by molar-refractivity contribution is 5.95. The van der Waals surface area contributed by atoms with Crippen LogP contribution in [0.2, 0.25) is 0 Å². The van der Waals surface area contributed by atoms with Crippen LogP contribution in [-0.2, 0) is 9.53 Å². The number of alkyl carbamates (subject to hydrolysis) is 1. The summed E-state index contributed by atoms with van der Waals surface area (Å²) < 4.78 is 5.40. The molecule has 0 spiro atoms. The number of carboxylic acid groups (broad SMARTS) is 1. The van der Waals surface area contributed by atoms with E-state index in [9.17, 15) is 14.7 Å². The molecule has 0 aliphatic heterocycles. The van der Waals surface area contributed by atoms with Crippen molar-refractivity contribution in [2.45, 2.75) is 5.92 Å². The molecule has 1 aliphatic carbocycles. The van der Waals surface area contributed by atoms with Gasteiger partial charge in [-0.05, 0) is 33.9 Å². The molecule has 1 aliphatic rings. The van der Waals surface area contributed by atoms with Crippen LogP contribution in [-0.4, -0.2) is 23.8 Å². The Hall–Kier alpha value is -3.86. The molecule has 144 valence electrons. The fourth-order valence-corrected chi connectivity index (χ4v) is 3.61. The number of hydrogen-bond donors (Lipinski definition) is 2. The average molecular weight is 385 g/mol. The first kappa shape index (κ1) is 18.5. The molecule has 29 heavy (non-hydrogen) atoms. The average Bonchev–Trinajstić information content (AvgIpc) is 3.06. The highest BCUT2D eigenvalue weighted by Crippen LogP contribution is 2.44. The van der Waals surface area contributed by atoms with Gasteiger partial charge < -0.3 is 9.84 Å². The number of carboxylic acids is 1. The number of hydrogen-bond acceptors (Lipinski definition) is 3. The molecule has 0 radical (unpaired) electrons. The zero-order chi connectivity index (χ0) is 20.2. The van der Waals surface area contributed by atoms with E-state index in [1.54, 1.807) is 24.3 Å². The predicted octanol–water partition coefficient (Wildman–Crippen LogP) is 4.65. The lowest BCUT2D eigenvalue weighted by Crippen LogP contribution is -2.29. The van der Waals surface area contributed by atoms with Crippen LogP contribution in [0.1, 0.15) is 22.6 Å². The molecule has 5 nitrogen and oxygen atoms in total. The molecule has 0 saturated heterocycles. The normalized spacial score (nSPS) is 12.8. The Morgan fingerprint density at radius 3 is 2.00 bits per heavy atom. The maximum atomic E-state index is 12.3. The van der Waals surface area contributed by atoms with Crippen LogP contribution in [0.3, 0.4) is 0 Å². The van der Waals surface area contributed by atoms with E-state index in [-0.39, 0.29) is 18.2 Å². The van der Waals surface area contributed by atoms with E-state index >= 15 is 0 Å². The fraction of sp³-hybridized carbons (Fsp3) is 0.0833. The maximum Gasteiger partial charge on any atom is 0.411 e. The summed E-state index contributed by atoms with van der Waals surface area (Å²) in [6.45, 7) is 0.123. The molecule has 3 aromatic carbocycles. The lowest BCUT2D eigenvalue weighted by Gasteiger charge is -2.14. The molecule has 0 unspecified atom stereocenters. The van der Waals surface area contributed by atoms with Gasteiger partial charge in [0.25, 0.3) is 0 Å². The molecule has 5 heteroatoms. The number of aliphatic carboxylic acids is 1. The number of rotatable bonds is 5. The van der Waals surface area contributed by atoms with E-state index < -0.39 is 12.1 Å². The summed E-state index contributed by atoms with van der Waals surface area (Å²) in [5.41, 5.74) is 4.89. The third-order valence-electron chi connectivity index (χ3n) is 4.92. The van der Waals surface area contributed by atoms with E-state index in [1.807, 2.05) is 42.5 Å². The van der Waals surface area contributed by atoms with Crippen LogP contribution in [0.5, 0.6) is 0 Å². The number of amides is 1. The molecule has 0 heterocycles. The predicted molar refractivity (Wildman–Crippen MR) is 110 cm³/mol. The SMILES string of the molecule is O=C(N/C(=C/c1ccccc1)C(=O)O)OCC1c2ccccc2-c2ccccc21. The van der Waals surface area contributed by atoms with Gasteiger partial charge >= 0.3 is 12.1 Å². The van der Waals surface area contributed by atoms with Gasteiger partial charge in [0.2, 0.25) is 0 Å². The molecule has 3 aromatic rings. The van der Waals surface area contributed by atoms with Crippen molar-refractivity contribution in [3.63, 3.8) is 0 Å². The minimum atomic E-state index is -1.23. The Bertz CT molecular complexity index is 1040. The summed E-state index contributed by atoms with van der Waals surface area (Å²) in [6, 6.07) is 25.0. The third kappa shape index (κ3) is 3.89. The zero-order valence-corrected chi connectivity index (χ0v) is 15.5. The number of nitrogens with one attached hydrogen (secondary N) is 1. The van der Waals surface area contributed by atoms with E-state index in [0.717, 1.165) is 22.3 Å². The van der Waals surface area contributed by atoms with Crippen LogP contribution in [0, 0.1) is 0 Å². The number of carbonyl (C=O) groups is 2. The van der Waals surface area contributed by atoms with Gasteiger partial charge in [-0.15, -0.1) is 0 Å². The second kappa shape index (κ2) is 8.02. The molecule has 0 atom stereocenters. The van der Waals surface area contributed by atoms with Crippen LogP contribution in [0.15, 0.2) is 84.6 Å². The van der Waals surface area contributed by atoms with Gasteiger partial charge in [0, 0.05) is 5.92 Å². The number of benzene rings is 3. The van der Waals surface area contributed by atoms with E-state index in [1.165, 1.54) is 6.08 Å². The van der Waals surface area contributed by atoms with Gasteiger partial charge in [-0.3, -0.25) is 5.32 Å². The second-order valence-corrected chi connectivity index (χ2v) is 6.72. The Balaban J connectivity index is 1.48. The smallest absolute Gasteiger partial charge is 0.411 e. The summed E-state index contributed by atoms with van der Waals surface area (Å²) >= 11 is 0. The summed E-state index contributed by atoms with van der Waals surface area (Å²) in [6.07, 6.45) is 0.598. The van der Waals surface area contributed by atoms with Crippen molar-refractivity contribution in [3.05, 3.63) is 101 Å². The van der Waals surface area contributed by atoms with Gasteiger partial charge in [-0.1, -0.05) is 78.9 Å². The van der Waals surface area contributed by atoms with Crippen molar-refractivity contribution in [2.24, 2.45) is 0 Å². The first-order valence-corrected chi connectivity index (χ1v) is 9.25. The number of fused-ring (bicyclic) bond motifs is 3. The molecular weight excluding hydrogens is 366 g/mol. The van der Waals surface area contributed by atoms with E-state index in [0.29, 0.717) is 5.56 Å². The van der Waals surface area contributed by atoms with Gasteiger partial charge in [-0.25, -0.2) is 9.59 Å². The first-order valence-electron chi connectivity index (χ1n) is 9.25. The standard InChI is InChI=1S/C24H19NO4/c26-23(27)22(14-16-8-2-1-3-9-16)25-24(28)29-15-21-19-12-6-4-10-17(19)18-11-5-7-13-20(18)21/h1-14,21H,15H2,(H,25,28)(H,26,27)/b22-14+. The first-order chi connectivity index (χ1) is 14.1. The highest BCUT2D eigenvalue weighted by Gasteiger charge is 2.29. The van der Waals surface area contributed by atoms with Gasteiger partial charge in [-0.2, -0.15) is 0 Å². The van der Waals surface area contributed by atoms with Crippen molar-refractivity contribution in [3.8, 4) is 11.1 Å². The number of ether oxygens (including phenoxy) is 1. The highest BCUT2D eigenvalue weighted by atomic mass is 16.5. The minimum absolute atomic E-state index is 0.0838.